The second-order valence-corrected chi connectivity index (χ2v) is 5.53. The predicted molar refractivity (Wildman–Crippen MR) is 77.1 cm³/mol. The molecule has 0 radical (unpaired) electrons. The number of rotatable bonds is 5. The molecule has 0 amide bonds. The Hall–Kier alpha value is -2.37. The monoisotopic (exact) mass is 289 g/mol. The zero-order chi connectivity index (χ0) is 15.3. The second kappa shape index (κ2) is 6.39. The quantitative estimate of drug-likeness (QED) is 0.790. The first kappa shape index (κ1) is 15.0. The van der Waals surface area contributed by atoms with Crippen molar-refractivity contribution in [2.24, 2.45) is 0 Å². The maximum Gasteiger partial charge on any atom is 0.338 e. The molecule has 6 nitrogen and oxygen atoms in total. The Labute approximate surface area is 123 Å². The molecule has 0 unspecified atom stereocenters. The van der Waals surface area contributed by atoms with E-state index in [4.69, 9.17) is 9.47 Å². The lowest BCUT2D eigenvalue weighted by Gasteiger charge is -2.21. The topological polar surface area (TPSA) is 66.2 Å². The molecule has 0 spiro atoms. The van der Waals surface area contributed by atoms with Crippen LogP contribution in [0, 0.1) is 0 Å². The minimum atomic E-state index is -0.363. The van der Waals surface area contributed by atoms with Crippen molar-refractivity contribution in [2.75, 3.05) is 6.61 Å². The molecular weight excluding hydrogens is 270 g/mol. The van der Waals surface area contributed by atoms with Gasteiger partial charge in [0.2, 0.25) is 0 Å². The van der Waals surface area contributed by atoms with Gasteiger partial charge in [0.15, 0.2) is 0 Å². The van der Waals surface area contributed by atoms with Crippen LogP contribution in [0.25, 0.3) is 0 Å². The van der Waals surface area contributed by atoms with Gasteiger partial charge < -0.3 is 9.47 Å². The summed E-state index contributed by atoms with van der Waals surface area (Å²) < 4.78 is 12.5. The molecule has 6 heteroatoms. The molecule has 2 rings (SSSR count). The molecule has 0 aliphatic heterocycles. The Morgan fingerprint density at radius 1 is 1.24 bits per heavy atom. The molecule has 0 saturated heterocycles. The number of nitrogens with zero attached hydrogens (tertiary/aromatic N) is 3. The number of benzene rings is 1. The summed E-state index contributed by atoms with van der Waals surface area (Å²) in [6.45, 7) is 6.65. The van der Waals surface area contributed by atoms with Crippen molar-refractivity contribution in [3.8, 4) is 5.75 Å². The first-order valence-electron chi connectivity index (χ1n) is 6.73. The summed E-state index contributed by atoms with van der Waals surface area (Å²) in [6, 6.07) is 6.91. The standard InChI is InChI=1S/C15H19N3O3/c1-15(2,3)21-13-6-4-12(5-7-13)14(19)20-9-8-18-11-16-10-17-18/h4-7,10-11H,8-9H2,1-3H3. The third-order valence-corrected chi connectivity index (χ3v) is 2.53. The third-order valence-electron chi connectivity index (χ3n) is 2.53. The summed E-state index contributed by atoms with van der Waals surface area (Å²) in [5, 5.41) is 3.93. The molecule has 0 fully saturated rings. The SMILES string of the molecule is CC(C)(C)Oc1ccc(C(=O)OCCn2cncn2)cc1. The lowest BCUT2D eigenvalue weighted by Crippen LogP contribution is -2.22. The zero-order valence-electron chi connectivity index (χ0n) is 12.4. The van der Waals surface area contributed by atoms with E-state index in [0.29, 0.717) is 12.1 Å². The van der Waals surface area contributed by atoms with Crippen LogP contribution in [0.3, 0.4) is 0 Å². The maximum absolute atomic E-state index is 11.9. The normalized spacial score (nSPS) is 11.2. The third kappa shape index (κ3) is 4.91. The highest BCUT2D eigenvalue weighted by Crippen LogP contribution is 2.18. The smallest absolute Gasteiger partial charge is 0.338 e. The van der Waals surface area contributed by atoms with Crippen LogP contribution in [-0.4, -0.2) is 32.9 Å². The Morgan fingerprint density at radius 2 is 1.95 bits per heavy atom. The molecule has 1 heterocycles. The van der Waals surface area contributed by atoms with E-state index in [2.05, 4.69) is 10.1 Å². The molecule has 2 aromatic rings. The summed E-state index contributed by atoms with van der Waals surface area (Å²) in [6.07, 6.45) is 3.02. The van der Waals surface area contributed by atoms with E-state index in [9.17, 15) is 4.79 Å². The number of ether oxygens (including phenoxy) is 2. The molecule has 112 valence electrons. The lowest BCUT2D eigenvalue weighted by atomic mass is 10.1. The lowest BCUT2D eigenvalue weighted by molar-refractivity contribution is 0.0487. The average Bonchev–Trinajstić information content (AvgIpc) is 2.91. The van der Waals surface area contributed by atoms with Gasteiger partial charge in [0.1, 0.15) is 30.6 Å². The number of hydrogen-bond acceptors (Lipinski definition) is 5. The number of carbonyl (C=O) groups is 1. The van der Waals surface area contributed by atoms with Gasteiger partial charge in [0.25, 0.3) is 0 Å². The van der Waals surface area contributed by atoms with Crippen LogP contribution in [0.2, 0.25) is 0 Å². The minimum Gasteiger partial charge on any atom is -0.488 e. The van der Waals surface area contributed by atoms with Crippen molar-refractivity contribution in [1.82, 2.24) is 14.8 Å². The van der Waals surface area contributed by atoms with Gasteiger partial charge in [0.05, 0.1) is 12.1 Å². The van der Waals surface area contributed by atoms with Crippen LogP contribution in [-0.2, 0) is 11.3 Å². The van der Waals surface area contributed by atoms with Crippen LogP contribution < -0.4 is 4.74 Å². The van der Waals surface area contributed by atoms with Crippen LogP contribution in [0.1, 0.15) is 31.1 Å². The molecule has 0 bridgehead atoms. The molecule has 21 heavy (non-hydrogen) atoms. The fourth-order valence-corrected chi connectivity index (χ4v) is 1.68. The second-order valence-electron chi connectivity index (χ2n) is 5.53. The van der Waals surface area contributed by atoms with Crippen LogP contribution in [0.15, 0.2) is 36.9 Å². The number of carbonyl (C=O) groups excluding carboxylic acids is 1. The van der Waals surface area contributed by atoms with Crippen LogP contribution in [0.5, 0.6) is 5.75 Å². The predicted octanol–water partition coefficient (Wildman–Crippen LogP) is 2.31. The van der Waals surface area contributed by atoms with Gasteiger partial charge in [-0.1, -0.05) is 0 Å². The van der Waals surface area contributed by atoms with Gasteiger partial charge in [-0.15, -0.1) is 0 Å². The number of esters is 1. The maximum atomic E-state index is 11.9. The van der Waals surface area contributed by atoms with Gasteiger partial charge in [-0.25, -0.2) is 14.5 Å². The molecule has 0 saturated carbocycles. The molecule has 0 N–H and O–H groups in total. The van der Waals surface area contributed by atoms with E-state index in [1.54, 1.807) is 35.3 Å². The van der Waals surface area contributed by atoms with Crippen LogP contribution in [0.4, 0.5) is 0 Å². The van der Waals surface area contributed by atoms with Gasteiger partial charge >= 0.3 is 5.97 Å². The fraction of sp³-hybridized carbons (Fsp3) is 0.400. The summed E-state index contributed by atoms with van der Waals surface area (Å²) in [7, 11) is 0. The van der Waals surface area contributed by atoms with Crippen molar-refractivity contribution in [1.29, 1.82) is 0 Å². The zero-order valence-corrected chi connectivity index (χ0v) is 12.4. The van der Waals surface area contributed by atoms with E-state index in [1.165, 1.54) is 6.33 Å². The van der Waals surface area contributed by atoms with E-state index in [-0.39, 0.29) is 18.2 Å². The molecular formula is C15H19N3O3. The Morgan fingerprint density at radius 3 is 2.52 bits per heavy atom. The highest BCUT2D eigenvalue weighted by molar-refractivity contribution is 5.89. The molecule has 0 atom stereocenters. The van der Waals surface area contributed by atoms with Gasteiger partial charge in [0, 0.05) is 0 Å². The Bertz CT molecular complexity index is 571. The van der Waals surface area contributed by atoms with E-state index < -0.39 is 0 Å². The van der Waals surface area contributed by atoms with Gasteiger partial charge in [-0.05, 0) is 45.0 Å². The average molecular weight is 289 g/mol. The van der Waals surface area contributed by atoms with Gasteiger partial charge in [-0.2, -0.15) is 5.10 Å². The van der Waals surface area contributed by atoms with Crippen LogP contribution >= 0.6 is 0 Å². The molecule has 1 aromatic heterocycles. The fourth-order valence-electron chi connectivity index (χ4n) is 1.68. The van der Waals surface area contributed by atoms with E-state index in [1.807, 2.05) is 20.8 Å². The van der Waals surface area contributed by atoms with Crippen molar-refractivity contribution in [3.05, 3.63) is 42.5 Å². The Balaban J connectivity index is 1.85. The largest absolute Gasteiger partial charge is 0.488 e. The summed E-state index contributed by atoms with van der Waals surface area (Å²) >= 11 is 0. The first-order chi connectivity index (χ1) is 9.94. The number of aromatic nitrogens is 3. The van der Waals surface area contributed by atoms with E-state index in [0.717, 1.165) is 5.75 Å². The summed E-state index contributed by atoms with van der Waals surface area (Å²) in [4.78, 5) is 15.7. The summed E-state index contributed by atoms with van der Waals surface area (Å²) in [5.41, 5.74) is 0.231. The minimum absolute atomic E-state index is 0.252. The first-order valence-corrected chi connectivity index (χ1v) is 6.73. The highest BCUT2D eigenvalue weighted by atomic mass is 16.5. The van der Waals surface area contributed by atoms with Crippen molar-refractivity contribution < 1.29 is 14.3 Å². The summed E-state index contributed by atoms with van der Waals surface area (Å²) in [5.74, 6) is 0.360. The number of hydrogen-bond donors (Lipinski definition) is 0. The molecule has 1 aromatic carbocycles. The van der Waals surface area contributed by atoms with Crippen molar-refractivity contribution in [3.63, 3.8) is 0 Å². The van der Waals surface area contributed by atoms with Crippen molar-refractivity contribution in [2.45, 2.75) is 32.9 Å². The van der Waals surface area contributed by atoms with Gasteiger partial charge in [-0.3, -0.25) is 0 Å². The Kier molecular flexibility index (Phi) is 4.57. The van der Waals surface area contributed by atoms with E-state index >= 15 is 0 Å². The molecule has 0 aliphatic carbocycles. The molecule has 0 aliphatic rings. The highest BCUT2D eigenvalue weighted by Gasteiger charge is 2.12. The van der Waals surface area contributed by atoms with Crippen molar-refractivity contribution >= 4 is 5.97 Å².